The highest BCUT2D eigenvalue weighted by atomic mass is 32.2. The van der Waals surface area contributed by atoms with Crippen molar-refractivity contribution in [3.05, 3.63) is 0 Å². The van der Waals surface area contributed by atoms with Crippen LogP contribution in [0.2, 0.25) is 0 Å². The quantitative estimate of drug-likeness (QED) is 0.442. The summed E-state index contributed by atoms with van der Waals surface area (Å²) in [5.74, 6) is 2.32. The van der Waals surface area contributed by atoms with Crippen LogP contribution >= 0.6 is 11.8 Å². The molecule has 0 rings (SSSR count). The number of thioether (sulfide) groups is 1. The van der Waals surface area contributed by atoms with Gasteiger partial charge in [-0.15, -0.1) is 11.8 Å². The van der Waals surface area contributed by atoms with E-state index < -0.39 is 0 Å². The minimum atomic E-state index is 1.09. The van der Waals surface area contributed by atoms with Crippen molar-refractivity contribution in [2.45, 2.75) is 13.8 Å². The van der Waals surface area contributed by atoms with E-state index >= 15 is 0 Å². The van der Waals surface area contributed by atoms with Crippen molar-refractivity contribution in [2.75, 3.05) is 18.2 Å². The van der Waals surface area contributed by atoms with Crippen LogP contribution in [-0.2, 0) is 0 Å². The zero-order valence-corrected chi connectivity index (χ0v) is 5.85. The van der Waals surface area contributed by atoms with Crippen molar-refractivity contribution >= 4 is 11.8 Å². The maximum absolute atomic E-state index is 3.21. The van der Waals surface area contributed by atoms with Gasteiger partial charge in [0.25, 0.3) is 0 Å². The molecule has 0 saturated heterocycles. The first-order chi connectivity index (χ1) is 3.41. The summed E-state index contributed by atoms with van der Waals surface area (Å²) in [4.78, 5) is 0. The first kappa shape index (κ1) is 7.31. The summed E-state index contributed by atoms with van der Waals surface area (Å²) in [6.07, 6.45) is 0. The standard InChI is InChI=1S/C5H13NS/c1-3-6-5-7-4-2/h6H,3-5H2,1-2H3. The Morgan fingerprint density at radius 1 is 1.43 bits per heavy atom. The summed E-state index contributed by atoms with van der Waals surface area (Å²) in [5.41, 5.74) is 0. The average Bonchev–Trinajstić information content (AvgIpc) is 1.69. The van der Waals surface area contributed by atoms with Gasteiger partial charge in [-0.3, -0.25) is 0 Å². The summed E-state index contributed by atoms with van der Waals surface area (Å²) in [6, 6.07) is 0. The maximum Gasteiger partial charge on any atom is 0.0417 e. The normalized spacial score (nSPS) is 9.43. The number of nitrogens with one attached hydrogen (secondary N) is 1. The Morgan fingerprint density at radius 2 is 2.14 bits per heavy atom. The van der Waals surface area contributed by atoms with E-state index in [-0.39, 0.29) is 0 Å². The Labute approximate surface area is 49.9 Å². The lowest BCUT2D eigenvalue weighted by Crippen LogP contribution is -2.10. The van der Waals surface area contributed by atoms with Crippen LogP contribution in [0.1, 0.15) is 13.8 Å². The first-order valence-electron chi connectivity index (χ1n) is 2.70. The summed E-state index contributed by atoms with van der Waals surface area (Å²) >= 11 is 1.92. The fourth-order valence-electron chi connectivity index (χ4n) is 0.276. The minimum absolute atomic E-state index is 1.09. The van der Waals surface area contributed by atoms with Crippen LogP contribution in [0, 0.1) is 0 Å². The van der Waals surface area contributed by atoms with E-state index in [1.54, 1.807) is 0 Å². The van der Waals surface area contributed by atoms with E-state index in [9.17, 15) is 0 Å². The number of hydrogen-bond acceptors (Lipinski definition) is 2. The van der Waals surface area contributed by atoms with Crippen molar-refractivity contribution in [1.82, 2.24) is 5.32 Å². The molecule has 0 aromatic heterocycles. The van der Waals surface area contributed by atoms with E-state index in [1.807, 2.05) is 11.8 Å². The molecule has 44 valence electrons. The molecule has 0 spiro atoms. The Bertz CT molecular complexity index is 27.3. The van der Waals surface area contributed by atoms with Gasteiger partial charge in [-0.1, -0.05) is 13.8 Å². The molecule has 2 heteroatoms. The predicted molar refractivity (Wildman–Crippen MR) is 36.7 cm³/mol. The Balaban J connectivity index is 2.45. The molecule has 0 saturated carbocycles. The maximum atomic E-state index is 3.21. The molecular formula is C5H13NS. The second-order valence-corrected chi connectivity index (χ2v) is 2.51. The third-order valence-corrected chi connectivity index (χ3v) is 1.47. The molecule has 0 aromatic rings. The Morgan fingerprint density at radius 3 is 2.57 bits per heavy atom. The molecule has 0 unspecified atom stereocenters. The van der Waals surface area contributed by atoms with Gasteiger partial charge in [0.1, 0.15) is 0 Å². The molecule has 0 aromatic carbocycles. The monoisotopic (exact) mass is 119 g/mol. The Kier molecular flexibility index (Phi) is 6.59. The zero-order chi connectivity index (χ0) is 5.54. The molecule has 0 aliphatic rings. The van der Waals surface area contributed by atoms with Crippen molar-refractivity contribution in [2.24, 2.45) is 0 Å². The second-order valence-electron chi connectivity index (χ2n) is 1.24. The molecule has 0 amide bonds. The van der Waals surface area contributed by atoms with Crippen LogP contribution in [-0.4, -0.2) is 18.2 Å². The van der Waals surface area contributed by atoms with Gasteiger partial charge >= 0.3 is 0 Å². The minimum Gasteiger partial charge on any atom is -0.308 e. The highest BCUT2D eigenvalue weighted by Crippen LogP contribution is 1.92. The van der Waals surface area contributed by atoms with Crippen molar-refractivity contribution in [3.8, 4) is 0 Å². The topological polar surface area (TPSA) is 12.0 Å². The average molecular weight is 119 g/mol. The summed E-state index contributed by atoms with van der Waals surface area (Å²) in [5, 5.41) is 3.21. The molecular weight excluding hydrogens is 106 g/mol. The van der Waals surface area contributed by atoms with E-state index in [0.29, 0.717) is 0 Å². The van der Waals surface area contributed by atoms with Gasteiger partial charge in [-0.2, -0.15) is 0 Å². The number of rotatable bonds is 4. The SMILES string of the molecule is CCNCSCC. The molecule has 0 aliphatic heterocycles. The third-order valence-electron chi connectivity index (χ3n) is 0.658. The molecule has 0 atom stereocenters. The lowest BCUT2D eigenvalue weighted by atomic mass is 10.8. The van der Waals surface area contributed by atoms with E-state index in [0.717, 1.165) is 12.4 Å². The van der Waals surface area contributed by atoms with E-state index in [1.165, 1.54) is 5.75 Å². The highest BCUT2D eigenvalue weighted by Gasteiger charge is 1.77. The lowest BCUT2D eigenvalue weighted by molar-refractivity contribution is 0.840. The van der Waals surface area contributed by atoms with Crippen LogP contribution in [0.4, 0.5) is 0 Å². The molecule has 1 N–H and O–H groups in total. The molecule has 7 heavy (non-hydrogen) atoms. The van der Waals surface area contributed by atoms with Crippen LogP contribution in [0.25, 0.3) is 0 Å². The summed E-state index contributed by atoms with van der Waals surface area (Å²) in [6.45, 7) is 5.38. The molecule has 0 radical (unpaired) electrons. The first-order valence-corrected chi connectivity index (χ1v) is 3.85. The van der Waals surface area contributed by atoms with Gasteiger partial charge in [-0.05, 0) is 12.3 Å². The molecule has 0 bridgehead atoms. The van der Waals surface area contributed by atoms with Gasteiger partial charge in [0, 0.05) is 5.88 Å². The molecule has 0 heterocycles. The smallest absolute Gasteiger partial charge is 0.0417 e. The van der Waals surface area contributed by atoms with Crippen molar-refractivity contribution < 1.29 is 0 Å². The van der Waals surface area contributed by atoms with E-state index in [4.69, 9.17) is 0 Å². The zero-order valence-electron chi connectivity index (χ0n) is 5.03. The molecule has 0 aliphatic carbocycles. The fourth-order valence-corrected chi connectivity index (χ4v) is 0.829. The predicted octanol–water partition coefficient (Wildman–Crippen LogP) is 1.31. The van der Waals surface area contributed by atoms with Gasteiger partial charge in [0.05, 0.1) is 0 Å². The lowest BCUT2D eigenvalue weighted by Gasteiger charge is -1.95. The largest absolute Gasteiger partial charge is 0.308 e. The second kappa shape index (κ2) is 6.31. The summed E-state index contributed by atoms with van der Waals surface area (Å²) < 4.78 is 0. The van der Waals surface area contributed by atoms with Gasteiger partial charge in [-0.25, -0.2) is 0 Å². The number of hydrogen-bond donors (Lipinski definition) is 1. The fraction of sp³-hybridized carbons (Fsp3) is 1.00. The third kappa shape index (κ3) is 6.31. The van der Waals surface area contributed by atoms with Gasteiger partial charge in [0.2, 0.25) is 0 Å². The van der Waals surface area contributed by atoms with Crippen molar-refractivity contribution in [1.29, 1.82) is 0 Å². The van der Waals surface area contributed by atoms with Crippen LogP contribution in [0.3, 0.4) is 0 Å². The molecule has 0 fully saturated rings. The highest BCUT2D eigenvalue weighted by molar-refractivity contribution is 7.99. The van der Waals surface area contributed by atoms with E-state index in [2.05, 4.69) is 19.2 Å². The Hall–Kier alpha value is 0.310. The van der Waals surface area contributed by atoms with Crippen LogP contribution in [0.5, 0.6) is 0 Å². The molecule has 1 nitrogen and oxygen atoms in total. The van der Waals surface area contributed by atoms with Crippen LogP contribution < -0.4 is 5.32 Å². The van der Waals surface area contributed by atoms with Gasteiger partial charge < -0.3 is 5.32 Å². The van der Waals surface area contributed by atoms with Crippen molar-refractivity contribution in [3.63, 3.8) is 0 Å². The summed E-state index contributed by atoms with van der Waals surface area (Å²) in [7, 11) is 0. The van der Waals surface area contributed by atoms with Crippen LogP contribution in [0.15, 0.2) is 0 Å². The van der Waals surface area contributed by atoms with Gasteiger partial charge in [0.15, 0.2) is 0 Å².